The van der Waals surface area contributed by atoms with Gasteiger partial charge in [-0.15, -0.1) is 0 Å². The molecule has 0 spiro atoms. The van der Waals surface area contributed by atoms with Crippen molar-refractivity contribution in [3.63, 3.8) is 0 Å². The van der Waals surface area contributed by atoms with Crippen LogP contribution in [0.2, 0.25) is 0 Å². The summed E-state index contributed by atoms with van der Waals surface area (Å²) in [6.07, 6.45) is 2.76. The van der Waals surface area contributed by atoms with Crippen molar-refractivity contribution in [2.24, 2.45) is 0 Å². The van der Waals surface area contributed by atoms with Gasteiger partial charge in [0.05, 0.1) is 16.8 Å². The maximum absolute atomic E-state index is 13.2. The summed E-state index contributed by atoms with van der Waals surface area (Å²) in [5.74, 6) is -0.236. The molecule has 1 fully saturated rings. The van der Waals surface area contributed by atoms with Crippen LogP contribution < -0.4 is 4.31 Å². The van der Waals surface area contributed by atoms with E-state index in [2.05, 4.69) is 0 Å². The Labute approximate surface area is 183 Å². The molecular weight excluding hydrogens is 438 g/mol. The number of hydrogen-bond donors (Lipinski definition) is 0. The van der Waals surface area contributed by atoms with Crippen LogP contribution >= 0.6 is 0 Å². The largest absolute Gasteiger partial charge is 0.336 e. The lowest BCUT2D eigenvalue weighted by Gasteiger charge is -2.33. The van der Waals surface area contributed by atoms with Gasteiger partial charge in [-0.3, -0.25) is 9.10 Å². The van der Waals surface area contributed by atoms with Gasteiger partial charge in [-0.05, 0) is 48.7 Å². The molecule has 1 saturated heterocycles. The molecule has 0 saturated carbocycles. The third-order valence-electron chi connectivity index (χ3n) is 5.75. The Kier molecular flexibility index (Phi) is 5.80. The zero-order valence-corrected chi connectivity index (χ0v) is 18.9. The first-order valence-corrected chi connectivity index (χ1v) is 13.4. The Morgan fingerprint density at radius 3 is 2.13 bits per heavy atom. The van der Waals surface area contributed by atoms with Crippen LogP contribution in [-0.4, -0.2) is 70.9 Å². The first-order valence-electron chi connectivity index (χ1n) is 10.1. The van der Waals surface area contributed by atoms with Crippen LogP contribution in [-0.2, 0) is 26.5 Å². The normalized spacial score (nSPS) is 18.0. The van der Waals surface area contributed by atoms with Crippen molar-refractivity contribution in [1.82, 2.24) is 9.21 Å². The molecule has 10 heteroatoms. The zero-order chi connectivity index (χ0) is 22.2. The predicted octanol–water partition coefficient (Wildman–Crippen LogP) is 1.55. The first kappa shape index (κ1) is 21.8. The molecule has 1 amide bonds. The molecule has 31 heavy (non-hydrogen) atoms. The smallest absolute Gasteiger partial charge is 0.264 e. The summed E-state index contributed by atoms with van der Waals surface area (Å²) in [5, 5.41) is 0. The van der Waals surface area contributed by atoms with Gasteiger partial charge in [0.2, 0.25) is 10.0 Å². The van der Waals surface area contributed by atoms with Gasteiger partial charge in [-0.2, -0.15) is 4.31 Å². The van der Waals surface area contributed by atoms with Crippen molar-refractivity contribution >= 4 is 31.6 Å². The van der Waals surface area contributed by atoms with E-state index in [0.717, 1.165) is 24.7 Å². The lowest BCUT2D eigenvalue weighted by Crippen LogP contribution is -2.50. The maximum atomic E-state index is 13.2. The minimum absolute atomic E-state index is 0.141. The molecule has 0 N–H and O–H groups in total. The Hall–Kier alpha value is -2.43. The fraction of sp³-hybridized carbons (Fsp3) is 0.381. The molecule has 0 unspecified atom stereocenters. The van der Waals surface area contributed by atoms with Crippen LogP contribution in [0.15, 0.2) is 53.4 Å². The molecule has 0 bridgehead atoms. The van der Waals surface area contributed by atoms with Crippen LogP contribution in [0.3, 0.4) is 0 Å². The zero-order valence-electron chi connectivity index (χ0n) is 17.3. The number of fused-ring (bicyclic) bond motifs is 1. The highest BCUT2D eigenvalue weighted by Gasteiger charge is 2.30. The van der Waals surface area contributed by atoms with E-state index < -0.39 is 20.0 Å². The summed E-state index contributed by atoms with van der Waals surface area (Å²) in [6, 6.07) is 13.5. The first-order chi connectivity index (χ1) is 14.7. The number of sulfonamides is 2. The monoisotopic (exact) mass is 463 g/mol. The third-order valence-corrected chi connectivity index (χ3v) is 8.88. The number of rotatable bonds is 4. The Bertz CT molecular complexity index is 1190. The van der Waals surface area contributed by atoms with E-state index in [0.29, 0.717) is 30.9 Å². The molecule has 2 aromatic rings. The van der Waals surface area contributed by atoms with Crippen LogP contribution in [0, 0.1) is 0 Å². The molecule has 0 atom stereocenters. The average Bonchev–Trinajstić information content (AvgIpc) is 2.78. The van der Waals surface area contributed by atoms with Gasteiger partial charge in [0.1, 0.15) is 0 Å². The molecule has 166 valence electrons. The van der Waals surface area contributed by atoms with Gasteiger partial charge in [-0.25, -0.2) is 16.8 Å². The minimum Gasteiger partial charge on any atom is -0.336 e. The standard InChI is InChI=1S/C21H25N3O5S2/c1-30(26,27)23-15-13-22(14-16-23)21(25)18-8-10-19(11-9-18)31(28,29)24-12-4-6-17-5-2-3-7-20(17)24/h2-3,5,7-11H,4,6,12-16H2,1H3. The topological polar surface area (TPSA) is 95.1 Å². The molecular formula is C21H25N3O5S2. The van der Waals surface area contributed by atoms with Gasteiger partial charge >= 0.3 is 0 Å². The maximum Gasteiger partial charge on any atom is 0.264 e. The molecule has 2 aliphatic rings. The quantitative estimate of drug-likeness (QED) is 0.686. The fourth-order valence-electron chi connectivity index (χ4n) is 4.05. The van der Waals surface area contributed by atoms with Crippen LogP contribution in [0.4, 0.5) is 5.69 Å². The number of hydrogen-bond acceptors (Lipinski definition) is 5. The summed E-state index contributed by atoms with van der Waals surface area (Å²) in [6.45, 7) is 1.54. The second kappa shape index (κ2) is 8.25. The average molecular weight is 464 g/mol. The number of anilines is 1. The number of carbonyl (C=O) groups excluding carboxylic acids is 1. The number of carbonyl (C=O) groups is 1. The van der Waals surface area contributed by atoms with E-state index in [1.54, 1.807) is 4.90 Å². The lowest BCUT2D eigenvalue weighted by atomic mass is 10.0. The summed E-state index contributed by atoms with van der Waals surface area (Å²) in [7, 11) is -7.00. The van der Waals surface area contributed by atoms with Crippen molar-refractivity contribution < 1.29 is 21.6 Å². The van der Waals surface area contributed by atoms with Gasteiger partial charge in [0.15, 0.2) is 0 Å². The Morgan fingerprint density at radius 1 is 0.839 bits per heavy atom. The molecule has 0 radical (unpaired) electrons. The molecule has 0 aliphatic carbocycles. The number of benzene rings is 2. The summed E-state index contributed by atoms with van der Waals surface area (Å²) >= 11 is 0. The number of nitrogens with zero attached hydrogens (tertiary/aromatic N) is 3. The van der Waals surface area contributed by atoms with E-state index >= 15 is 0 Å². The second-order valence-corrected chi connectivity index (χ2v) is 11.6. The highest BCUT2D eigenvalue weighted by Crippen LogP contribution is 2.31. The van der Waals surface area contributed by atoms with Gasteiger partial charge in [0, 0.05) is 38.3 Å². The highest BCUT2D eigenvalue weighted by atomic mass is 32.2. The third kappa shape index (κ3) is 4.32. The van der Waals surface area contributed by atoms with Crippen molar-refractivity contribution in [1.29, 1.82) is 0 Å². The number of aryl methyl sites for hydroxylation is 1. The van der Waals surface area contributed by atoms with Gasteiger partial charge in [0.25, 0.3) is 15.9 Å². The molecule has 2 heterocycles. The van der Waals surface area contributed by atoms with Crippen molar-refractivity contribution in [2.45, 2.75) is 17.7 Å². The summed E-state index contributed by atoms with van der Waals surface area (Å²) < 4.78 is 52.5. The van der Waals surface area contributed by atoms with Crippen molar-refractivity contribution in [3.05, 3.63) is 59.7 Å². The van der Waals surface area contributed by atoms with E-state index in [9.17, 15) is 21.6 Å². The van der Waals surface area contributed by atoms with Crippen LogP contribution in [0.25, 0.3) is 0 Å². The van der Waals surface area contributed by atoms with Gasteiger partial charge in [-0.1, -0.05) is 18.2 Å². The van der Waals surface area contributed by atoms with Crippen molar-refractivity contribution in [2.75, 3.05) is 43.3 Å². The number of amides is 1. The SMILES string of the molecule is CS(=O)(=O)N1CCN(C(=O)c2ccc(S(=O)(=O)N3CCCc4ccccc43)cc2)CC1. The minimum atomic E-state index is -3.73. The van der Waals surface area contributed by atoms with E-state index in [4.69, 9.17) is 0 Å². The highest BCUT2D eigenvalue weighted by molar-refractivity contribution is 7.92. The number of piperazine rings is 1. The molecule has 2 aliphatic heterocycles. The molecule has 2 aromatic carbocycles. The summed E-state index contributed by atoms with van der Waals surface area (Å²) in [5.41, 5.74) is 2.10. The van der Waals surface area contributed by atoms with Crippen LogP contribution in [0.5, 0.6) is 0 Å². The van der Waals surface area contributed by atoms with E-state index in [-0.39, 0.29) is 23.9 Å². The van der Waals surface area contributed by atoms with Crippen molar-refractivity contribution in [3.8, 4) is 0 Å². The molecule has 4 rings (SSSR count). The van der Waals surface area contributed by atoms with Crippen LogP contribution in [0.1, 0.15) is 22.3 Å². The second-order valence-electron chi connectivity index (χ2n) is 7.79. The number of para-hydroxylation sites is 1. The molecule has 0 aromatic heterocycles. The molecule has 8 nitrogen and oxygen atoms in total. The Morgan fingerprint density at radius 2 is 1.48 bits per heavy atom. The Balaban J connectivity index is 1.50. The van der Waals surface area contributed by atoms with E-state index in [1.807, 2.05) is 24.3 Å². The lowest BCUT2D eigenvalue weighted by molar-refractivity contribution is 0.0698. The summed E-state index contributed by atoms with van der Waals surface area (Å²) in [4.78, 5) is 14.5. The van der Waals surface area contributed by atoms with E-state index in [1.165, 1.54) is 32.9 Å². The predicted molar refractivity (Wildman–Crippen MR) is 118 cm³/mol. The fourth-order valence-corrected chi connectivity index (χ4v) is 6.42. The van der Waals surface area contributed by atoms with Gasteiger partial charge < -0.3 is 4.90 Å².